The van der Waals surface area contributed by atoms with E-state index < -0.39 is 48.0 Å². The highest BCUT2D eigenvalue weighted by Gasteiger charge is 2.61. The first-order valence-electron chi connectivity index (χ1n) is 12.0. The Balaban J connectivity index is 1.76. The van der Waals surface area contributed by atoms with Crippen molar-refractivity contribution in [2.45, 2.75) is 69.9 Å². The van der Waals surface area contributed by atoms with E-state index in [0.717, 1.165) is 12.1 Å². The normalized spacial score (nSPS) is 18.7. The largest absolute Gasteiger partial charge is 0.416 e. The average molecular weight is 559 g/mol. The maximum atomic E-state index is 15.3. The molecule has 39 heavy (non-hydrogen) atoms. The summed E-state index contributed by atoms with van der Waals surface area (Å²) in [4.78, 5) is 13.2. The summed E-state index contributed by atoms with van der Waals surface area (Å²) in [6, 6.07) is 4.28. The topological polar surface area (TPSA) is 101 Å². The van der Waals surface area contributed by atoms with Crippen LogP contribution in [0.3, 0.4) is 0 Å². The van der Waals surface area contributed by atoms with Gasteiger partial charge in [-0.2, -0.15) is 36.7 Å². The standard InChI is InChI=1S/C24H24F7N7O/c1-13(2)38-10-8-18(35-38)15-12-22(24(29,30)31,32-21(39)19(15)20-33-36-37-34-20)16-7-6-14(11-17(16)25)5-3-4-9-23(26,27)28/h6-8,10-11,13H,3-5,9,12H2,1-2H3,(H,32,39)(H,33,34,36,37). The van der Waals surface area contributed by atoms with E-state index in [2.05, 4.69) is 25.7 Å². The van der Waals surface area contributed by atoms with E-state index in [4.69, 9.17) is 0 Å². The Labute approximate surface area is 217 Å². The quantitative estimate of drug-likeness (QED) is 0.289. The van der Waals surface area contributed by atoms with Crippen molar-refractivity contribution in [1.82, 2.24) is 35.7 Å². The third-order valence-corrected chi connectivity index (χ3v) is 6.47. The number of carbonyl (C=O) groups excluding carboxylic acids is 1. The summed E-state index contributed by atoms with van der Waals surface area (Å²) in [6.07, 6.45) is -9.99. The molecule has 0 saturated carbocycles. The van der Waals surface area contributed by atoms with Crippen molar-refractivity contribution in [1.29, 1.82) is 0 Å². The number of rotatable bonds is 8. The molecule has 0 aliphatic carbocycles. The minimum atomic E-state index is -5.16. The number of H-pyrrole nitrogens is 1. The molecule has 4 rings (SSSR count). The van der Waals surface area contributed by atoms with Crippen molar-refractivity contribution in [3.8, 4) is 0 Å². The minimum Gasteiger partial charge on any atom is -0.334 e. The molecule has 8 nitrogen and oxygen atoms in total. The van der Waals surface area contributed by atoms with Crippen molar-refractivity contribution in [2.24, 2.45) is 0 Å². The van der Waals surface area contributed by atoms with E-state index in [1.807, 2.05) is 5.32 Å². The van der Waals surface area contributed by atoms with Gasteiger partial charge in [0.25, 0.3) is 5.91 Å². The molecule has 3 aromatic rings. The van der Waals surface area contributed by atoms with Gasteiger partial charge in [0.15, 0.2) is 5.54 Å². The summed E-state index contributed by atoms with van der Waals surface area (Å²) >= 11 is 0. The van der Waals surface area contributed by atoms with Crippen molar-refractivity contribution >= 4 is 17.1 Å². The first-order chi connectivity index (χ1) is 18.2. The number of aromatic nitrogens is 6. The molecule has 0 fully saturated rings. The fraction of sp³-hybridized carbons (Fsp3) is 0.458. The lowest BCUT2D eigenvalue weighted by atomic mass is 9.77. The number of aromatic amines is 1. The zero-order valence-corrected chi connectivity index (χ0v) is 20.8. The Morgan fingerprint density at radius 3 is 2.41 bits per heavy atom. The lowest BCUT2D eigenvalue weighted by Crippen LogP contribution is -2.59. The molecule has 3 heterocycles. The summed E-state index contributed by atoms with van der Waals surface area (Å²) in [5.74, 6) is -2.72. The summed E-state index contributed by atoms with van der Waals surface area (Å²) in [7, 11) is 0. The lowest BCUT2D eigenvalue weighted by Gasteiger charge is -2.41. The number of hydrogen-bond donors (Lipinski definition) is 2. The van der Waals surface area contributed by atoms with E-state index in [-0.39, 0.29) is 53.5 Å². The number of benzene rings is 1. The monoisotopic (exact) mass is 559 g/mol. The van der Waals surface area contributed by atoms with Crippen LogP contribution in [0.5, 0.6) is 0 Å². The highest BCUT2D eigenvalue weighted by atomic mass is 19.4. The van der Waals surface area contributed by atoms with Crippen molar-refractivity contribution < 1.29 is 35.5 Å². The second-order valence-electron chi connectivity index (χ2n) is 9.53. The van der Waals surface area contributed by atoms with Crippen LogP contribution in [0, 0.1) is 5.82 Å². The Bertz CT molecular complexity index is 1360. The molecule has 0 saturated heterocycles. The Kier molecular flexibility index (Phi) is 7.54. The van der Waals surface area contributed by atoms with Crippen molar-refractivity contribution in [3.05, 3.63) is 58.9 Å². The molecule has 1 amide bonds. The van der Waals surface area contributed by atoms with Gasteiger partial charge in [-0.1, -0.05) is 12.1 Å². The van der Waals surface area contributed by atoms with Crippen LogP contribution in [0.25, 0.3) is 11.1 Å². The van der Waals surface area contributed by atoms with Crippen molar-refractivity contribution in [2.75, 3.05) is 0 Å². The van der Waals surface area contributed by atoms with E-state index in [9.17, 15) is 31.1 Å². The Morgan fingerprint density at radius 1 is 1.10 bits per heavy atom. The number of nitrogens with zero attached hydrogens (tertiary/aromatic N) is 5. The van der Waals surface area contributed by atoms with Gasteiger partial charge in [-0.05, 0) is 61.6 Å². The average Bonchev–Trinajstić information content (AvgIpc) is 3.52. The fourth-order valence-electron chi connectivity index (χ4n) is 4.50. The Morgan fingerprint density at radius 2 is 1.85 bits per heavy atom. The number of halogens is 7. The molecule has 1 aliphatic heterocycles. The minimum absolute atomic E-state index is 0.0401. The molecule has 1 atom stereocenters. The van der Waals surface area contributed by atoms with Gasteiger partial charge in [0.1, 0.15) is 5.82 Å². The van der Waals surface area contributed by atoms with Gasteiger partial charge in [-0.15, -0.1) is 10.2 Å². The summed E-state index contributed by atoms with van der Waals surface area (Å²) in [6.45, 7) is 3.61. The molecule has 0 spiro atoms. The highest BCUT2D eigenvalue weighted by Crippen LogP contribution is 2.50. The highest BCUT2D eigenvalue weighted by molar-refractivity contribution is 6.27. The zero-order chi connectivity index (χ0) is 28.6. The van der Waals surface area contributed by atoms with E-state index >= 15 is 4.39 Å². The number of alkyl halides is 6. The molecule has 1 aliphatic rings. The van der Waals surface area contributed by atoms with Gasteiger partial charge in [-0.3, -0.25) is 9.48 Å². The van der Waals surface area contributed by atoms with Gasteiger partial charge >= 0.3 is 12.4 Å². The summed E-state index contributed by atoms with van der Waals surface area (Å²) in [5.41, 5.74) is -4.18. The fourth-order valence-corrected chi connectivity index (χ4v) is 4.50. The van der Waals surface area contributed by atoms with Crippen LogP contribution in [0.2, 0.25) is 0 Å². The number of aryl methyl sites for hydroxylation is 1. The number of hydrogen-bond acceptors (Lipinski definition) is 5. The van der Waals surface area contributed by atoms with Gasteiger partial charge in [0, 0.05) is 30.6 Å². The molecule has 2 aromatic heterocycles. The molecule has 0 bridgehead atoms. The number of carbonyl (C=O) groups is 1. The molecule has 1 unspecified atom stereocenters. The lowest BCUT2D eigenvalue weighted by molar-refractivity contribution is -0.202. The third-order valence-electron chi connectivity index (χ3n) is 6.47. The third kappa shape index (κ3) is 5.81. The SMILES string of the molecule is CC(C)n1ccc(C2=C(c3nn[nH]n3)C(=O)NC(c3ccc(CCCCC(F)(F)F)cc3F)(C(F)(F)F)C2)n1. The number of amides is 1. The van der Waals surface area contributed by atoms with Crippen LogP contribution in [0.15, 0.2) is 30.5 Å². The van der Waals surface area contributed by atoms with Crippen LogP contribution in [-0.4, -0.2) is 48.7 Å². The molecule has 15 heteroatoms. The van der Waals surface area contributed by atoms with E-state index in [1.165, 1.54) is 23.0 Å². The second kappa shape index (κ2) is 10.4. The maximum Gasteiger partial charge on any atom is 0.416 e. The molecular formula is C24H24F7N7O. The van der Waals surface area contributed by atoms with Crippen LogP contribution < -0.4 is 5.32 Å². The summed E-state index contributed by atoms with van der Waals surface area (Å²) in [5, 5.41) is 19.3. The van der Waals surface area contributed by atoms with Crippen LogP contribution in [0.4, 0.5) is 30.7 Å². The maximum absolute atomic E-state index is 15.3. The molecule has 0 radical (unpaired) electrons. The van der Waals surface area contributed by atoms with Gasteiger partial charge < -0.3 is 5.32 Å². The van der Waals surface area contributed by atoms with Gasteiger partial charge in [0.2, 0.25) is 5.82 Å². The predicted molar refractivity (Wildman–Crippen MR) is 124 cm³/mol. The second-order valence-corrected chi connectivity index (χ2v) is 9.53. The molecule has 2 N–H and O–H groups in total. The number of tetrazole rings is 1. The molecule has 1 aromatic carbocycles. The van der Waals surface area contributed by atoms with Crippen LogP contribution in [0.1, 0.15) is 68.2 Å². The first kappa shape index (κ1) is 28.2. The predicted octanol–water partition coefficient (Wildman–Crippen LogP) is 5.28. The Hall–Kier alpha value is -3.78. The molecular weight excluding hydrogens is 535 g/mol. The van der Waals surface area contributed by atoms with Gasteiger partial charge in [-0.25, -0.2) is 4.39 Å². The number of unbranched alkanes of at least 4 members (excludes halogenated alkanes) is 1. The number of nitrogens with one attached hydrogen (secondary N) is 2. The van der Waals surface area contributed by atoms with E-state index in [0.29, 0.717) is 0 Å². The van der Waals surface area contributed by atoms with Crippen molar-refractivity contribution in [3.63, 3.8) is 0 Å². The summed E-state index contributed by atoms with van der Waals surface area (Å²) < 4.78 is 98.4. The van der Waals surface area contributed by atoms with Gasteiger partial charge in [0.05, 0.1) is 11.3 Å². The van der Waals surface area contributed by atoms with Crippen LogP contribution >= 0.6 is 0 Å². The molecule has 210 valence electrons. The zero-order valence-electron chi connectivity index (χ0n) is 20.8. The smallest absolute Gasteiger partial charge is 0.334 e. The van der Waals surface area contributed by atoms with Crippen LogP contribution in [-0.2, 0) is 16.8 Å². The first-order valence-corrected chi connectivity index (χ1v) is 12.0. The van der Waals surface area contributed by atoms with E-state index in [1.54, 1.807) is 13.8 Å².